The van der Waals surface area contributed by atoms with Gasteiger partial charge < -0.3 is 9.64 Å². The first-order chi connectivity index (χ1) is 7.19. The molecule has 6 nitrogen and oxygen atoms in total. The molecule has 0 radical (unpaired) electrons. The maximum absolute atomic E-state index is 5.24. The van der Waals surface area contributed by atoms with E-state index in [0.717, 1.165) is 16.8 Å². The largest absolute Gasteiger partial charge is 0.383 e. The van der Waals surface area contributed by atoms with Crippen LogP contribution < -0.4 is 16.2 Å². The Hall–Kier alpha value is -0.920. The van der Waals surface area contributed by atoms with E-state index < -0.39 is 0 Å². The van der Waals surface area contributed by atoms with E-state index in [1.807, 2.05) is 11.9 Å². The van der Waals surface area contributed by atoms with E-state index >= 15 is 0 Å². The van der Waals surface area contributed by atoms with Crippen LogP contribution in [0.15, 0.2) is 10.7 Å². The van der Waals surface area contributed by atoms with Crippen LogP contribution in [-0.4, -0.2) is 37.3 Å². The molecule has 0 fully saturated rings. The molecule has 0 unspecified atom stereocenters. The average Bonchev–Trinajstić information content (AvgIpc) is 2.26. The molecule has 0 atom stereocenters. The Morgan fingerprint density at radius 1 is 1.67 bits per heavy atom. The van der Waals surface area contributed by atoms with Crippen LogP contribution in [0.1, 0.15) is 0 Å². The molecule has 1 rings (SSSR count). The smallest absolute Gasteiger partial charge is 0.239 e. The van der Waals surface area contributed by atoms with Crippen molar-refractivity contribution in [2.45, 2.75) is 0 Å². The van der Waals surface area contributed by atoms with E-state index in [0.29, 0.717) is 12.6 Å². The van der Waals surface area contributed by atoms with Crippen LogP contribution >= 0.6 is 15.9 Å². The molecule has 1 heterocycles. The maximum Gasteiger partial charge on any atom is 0.239 e. The van der Waals surface area contributed by atoms with Crippen LogP contribution in [0.25, 0.3) is 0 Å². The fourth-order valence-corrected chi connectivity index (χ4v) is 1.52. The van der Waals surface area contributed by atoms with Crippen molar-refractivity contribution in [2.75, 3.05) is 37.6 Å². The number of hydrazine groups is 1. The highest BCUT2D eigenvalue weighted by Gasteiger charge is 2.08. The Balaban J connectivity index is 2.81. The second kappa shape index (κ2) is 5.84. The molecule has 0 aliphatic heterocycles. The predicted molar refractivity (Wildman–Crippen MR) is 62.7 cm³/mol. The highest BCUT2D eigenvalue weighted by molar-refractivity contribution is 9.10. The first-order valence-corrected chi connectivity index (χ1v) is 5.17. The van der Waals surface area contributed by atoms with Crippen molar-refractivity contribution >= 4 is 27.7 Å². The zero-order chi connectivity index (χ0) is 11.3. The van der Waals surface area contributed by atoms with Crippen molar-refractivity contribution in [2.24, 2.45) is 5.84 Å². The molecule has 0 aliphatic carbocycles. The topological polar surface area (TPSA) is 76.3 Å². The number of methoxy groups -OCH3 is 1. The minimum Gasteiger partial charge on any atom is -0.383 e. The number of ether oxygens (including phenoxy) is 1. The minimum atomic E-state index is 0.387. The van der Waals surface area contributed by atoms with Crippen molar-refractivity contribution < 1.29 is 4.74 Å². The normalized spacial score (nSPS) is 10.1. The number of halogens is 1. The summed E-state index contributed by atoms with van der Waals surface area (Å²) >= 11 is 3.38. The summed E-state index contributed by atoms with van der Waals surface area (Å²) in [5.74, 6) is 6.40. The number of nitrogens with zero attached hydrogens (tertiary/aromatic N) is 3. The number of nitrogens with two attached hydrogens (primary N) is 1. The number of aromatic nitrogens is 2. The zero-order valence-corrected chi connectivity index (χ0v) is 10.3. The number of likely N-dealkylation sites (N-methyl/N-ethyl adjacent to an activating group) is 1. The predicted octanol–water partition coefficient (Wildman–Crippen LogP) is 0.607. The fourth-order valence-electron chi connectivity index (χ4n) is 1.03. The van der Waals surface area contributed by atoms with Gasteiger partial charge in [0.2, 0.25) is 5.95 Å². The molecular formula is C8H14BrN5O. The summed E-state index contributed by atoms with van der Waals surface area (Å²) in [5.41, 5.74) is 2.40. The van der Waals surface area contributed by atoms with Gasteiger partial charge in [-0.15, -0.1) is 0 Å². The SMILES string of the molecule is COCCN(C)c1nc(NN)ncc1Br. The monoisotopic (exact) mass is 275 g/mol. The van der Waals surface area contributed by atoms with Crippen LogP contribution in [-0.2, 0) is 4.74 Å². The molecule has 15 heavy (non-hydrogen) atoms. The summed E-state index contributed by atoms with van der Waals surface area (Å²) in [4.78, 5) is 10.1. The number of hydrogen-bond acceptors (Lipinski definition) is 6. The number of nitrogens with one attached hydrogen (secondary N) is 1. The van der Waals surface area contributed by atoms with Crippen molar-refractivity contribution in [1.82, 2.24) is 9.97 Å². The summed E-state index contributed by atoms with van der Waals surface area (Å²) in [5, 5.41) is 0. The van der Waals surface area contributed by atoms with Crippen molar-refractivity contribution in [1.29, 1.82) is 0 Å². The lowest BCUT2D eigenvalue weighted by Crippen LogP contribution is -2.24. The molecule has 7 heteroatoms. The van der Waals surface area contributed by atoms with Crippen molar-refractivity contribution in [3.05, 3.63) is 10.7 Å². The van der Waals surface area contributed by atoms with Gasteiger partial charge in [-0.05, 0) is 15.9 Å². The first kappa shape index (κ1) is 12.2. The molecular weight excluding hydrogens is 262 g/mol. The molecule has 0 bridgehead atoms. The molecule has 0 amide bonds. The lowest BCUT2D eigenvalue weighted by Gasteiger charge is -2.19. The average molecular weight is 276 g/mol. The summed E-state index contributed by atoms with van der Waals surface area (Å²) in [6.07, 6.45) is 1.65. The third kappa shape index (κ3) is 3.29. The molecule has 1 aromatic rings. The molecule has 0 aliphatic rings. The molecule has 0 aromatic carbocycles. The van der Waals surface area contributed by atoms with Gasteiger partial charge >= 0.3 is 0 Å². The van der Waals surface area contributed by atoms with Crippen LogP contribution in [0.5, 0.6) is 0 Å². The molecule has 1 aromatic heterocycles. The van der Waals surface area contributed by atoms with E-state index in [4.69, 9.17) is 10.6 Å². The van der Waals surface area contributed by atoms with Crippen LogP contribution in [0.2, 0.25) is 0 Å². The van der Waals surface area contributed by atoms with Gasteiger partial charge in [0, 0.05) is 26.9 Å². The molecule has 0 saturated heterocycles. The van der Waals surface area contributed by atoms with Gasteiger partial charge in [-0.25, -0.2) is 10.8 Å². The van der Waals surface area contributed by atoms with E-state index in [2.05, 4.69) is 31.3 Å². The Bertz CT molecular complexity index is 322. The van der Waals surface area contributed by atoms with E-state index in [-0.39, 0.29) is 0 Å². The lowest BCUT2D eigenvalue weighted by molar-refractivity contribution is 0.206. The molecule has 3 N–H and O–H groups in total. The first-order valence-electron chi connectivity index (χ1n) is 4.38. The quantitative estimate of drug-likeness (QED) is 0.606. The molecule has 0 saturated carbocycles. The summed E-state index contributed by atoms with van der Waals surface area (Å²) in [6.45, 7) is 1.38. The Morgan fingerprint density at radius 3 is 3.00 bits per heavy atom. The Morgan fingerprint density at radius 2 is 2.40 bits per heavy atom. The second-order valence-electron chi connectivity index (χ2n) is 2.92. The summed E-state index contributed by atoms with van der Waals surface area (Å²) in [6, 6.07) is 0. The van der Waals surface area contributed by atoms with E-state index in [1.165, 1.54) is 0 Å². The van der Waals surface area contributed by atoms with Crippen molar-refractivity contribution in [3.8, 4) is 0 Å². The van der Waals surface area contributed by atoms with Gasteiger partial charge in [-0.1, -0.05) is 0 Å². The standard InChI is InChI=1S/C8H14BrN5O/c1-14(3-4-15-2)7-6(9)5-11-8(12-7)13-10/h5H,3-4,10H2,1-2H3,(H,11,12,13). The number of nitrogen functional groups attached to an aromatic ring is 1. The van der Waals surface area contributed by atoms with Gasteiger partial charge in [0.1, 0.15) is 5.82 Å². The van der Waals surface area contributed by atoms with Crippen LogP contribution in [0.4, 0.5) is 11.8 Å². The number of anilines is 2. The van der Waals surface area contributed by atoms with Crippen molar-refractivity contribution in [3.63, 3.8) is 0 Å². The molecule has 84 valence electrons. The van der Waals surface area contributed by atoms with Gasteiger partial charge in [0.15, 0.2) is 0 Å². The van der Waals surface area contributed by atoms with Gasteiger partial charge in [-0.2, -0.15) is 4.98 Å². The molecule has 0 spiro atoms. The Kier molecular flexibility index (Phi) is 4.73. The van der Waals surface area contributed by atoms with Gasteiger partial charge in [0.05, 0.1) is 11.1 Å². The second-order valence-corrected chi connectivity index (χ2v) is 3.78. The lowest BCUT2D eigenvalue weighted by atomic mass is 10.5. The van der Waals surface area contributed by atoms with Crippen LogP contribution in [0.3, 0.4) is 0 Å². The highest BCUT2D eigenvalue weighted by Crippen LogP contribution is 2.22. The highest BCUT2D eigenvalue weighted by atomic mass is 79.9. The fraction of sp³-hybridized carbons (Fsp3) is 0.500. The van der Waals surface area contributed by atoms with Gasteiger partial charge in [-0.3, -0.25) is 5.43 Å². The Labute approximate surface area is 96.9 Å². The van der Waals surface area contributed by atoms with E-state index in [1.54, 1.807) is 13.3 Å². The van der Waals surface area contributed by atoms with Crippen LogP contribution in [0, 0.1) is 0 Å². The van der Waals surface area contributed by atoms with E-state index in [9.17, 15) is 0 Å². The number of rotatable bonds is 5. The number of hydrogen-bond donors (Lipinski definition) is 2. The zero-order valence-electron chi connectivity index (χ0n) is 8.70. The maximum atomic E-state index is 5.24. The summed E-state index contributed by atoms with van der Waals surface area (Å²) < 4.78 is 5.81. The third-order valence-corrected chi connectivity index (χ3v) is 2.41. The van der Waals surface area contributed by atoms with Gasteiger partial charge in [0.25, 0.3) is 0 Å². The minimum absolute atomic E-state index is 0.387. The summed E-state index contributed by atoms with van der Waals surface area (Å²) in [7, 11) is 3.59. The third-order valence-electron chi connectivity index (χ3n) is 1.85.